The Labute approximate surface area is 97.0 Å². The fraction of sp³-hybridized carbons (Fsp3) is 0.333. The summed E-state index contributed by atoms with van der Waals surface area (Å²) in [6.07, 6.45) is 1.39. The number of carbonyl (C=O) groups is 1. The summed E-state index contributed by atoms with van der Waals surface area (Å²) in [6.45, 7) is 1.79. The van der Waals surface area contributed by atoms with Crippen LogP contribution in [-0.2, 0) is 11.8 Å². The molecule has 0 radical (unpaired) electrons. The molecule has 2 aromatic rings. The van der Waals surface area contributed by atoms with E-state index in [2.05, 4.69) is 19.9 Å². The second kappa shape index (κ2) is 3.89. The Kier molecular flexibility index (Phi) is 2.54. The van der Waals surface area contributed by atoms with Crippen molar-refractivity contribution in [2.75, 3.05) is 12.8 Å². The van der Waals surface area contributed by atoms with Crippen LogP contribution in [0.25, 0.3) is 5.82 Å². The van der Waals surface area contributed by atoms with Gasteiger partial charge in [-0.25, -0.2) is 14.5 Å². The minimum Gasteiger partial charge on any atom is -0.463 e. The maximum Gasteiger partial charge on any atom is 0.377 e. The van der Waals surface area contributed by atoms with Crippen LogP contribution in [-0.4, -0.2) is 37.6 Å². The molecule has 0 unspecified atom stereocenters. The average Bonchev–Trinajstić information content (AvgIpc) is 2.85. The Morgan fingerprint density at radius 3 is 2.71 bits per heavy atom. The molecule has 0 spiro atoms. The number of aryl methyl sites for hydroxylation is 2. The zero-order chi connectivity index (χ0) is 12.6. The summed E-state index contributed by atoms with van der Waals surface area (Å²) in [5.41, 5.74) is 7.05. The first-order valence-corrected chi connectivity index (χ1v) is 4.84. The normalized spacial score (nSPS) is 10.5. The van der Waals surface area contributed by atoms with Crippen molar-refractivity contribution in [1.29, 1.82) is 0 Å². The van der Waals surface area contributed by atoms with Gasteiger partial charge in [-0.3, -0.25) is 0 Å². The molecule has 0 fully saturated rings. The van der Waals surface area contributed by atoms with E-state index >= 15 is 0 Å². The fourth-order valence-corrected chi connectivity index (χ4v) is 1.48. The van der Waals surface area contributed by atoms with Gasteiger partial charge in [0.25, 0.3) is 5.82 Å². The predicted octanol–water partition coefficient (Wildman–Crippen LogP) is -0.322. The molecule has 0 saturated heterocycles. The van der Waals surface area contributed by atoms with E-state index in [-0.39, 0.29) is 5.82 Å². The molecule has 0 atom stereocenters. The lowest BCUT2D eigenvalue weighted by atomic mass is 10.4. The van der Waals surface area contributed by atoms with Gasteiger partial charge in [0.1, 0.15) is 6.33 Å². The molecule has 0 saturated carbocycles. The van der Waals surface area contributed by atoms with Gasteiger partial charge >= 0.3 is 5.97 Å². The number of esters is 1. The van der Waals surface area contributed by atoms with E-state index in [1.165, 1.54) is 18.1 Å². The highest BCUT2D eigenvalue weighted by Gasteiger charge is 2.17. The van der Waals surface area contributed by atoms with Gasteiger partial charge < -0.3 is 10.5 Å². The van der Waals surface area contributed by atoms with Crippen molar-refractivity contribution in [2.45, 2.75) is 6.92 Å². The first kappa shape index (κ1) is 11.1. The van der Waals surface area contributed by atoms with E-state index in [9.17, 15) is 4.79 Å². The van der Waals surface area contributed by atoms with Crippen molar-refractivity contribution in [1.82, 2.24) is 24.5 Å². The van der Waals surface area contributed by atoms with Gasteiger partial charge in [0.05, 0.1) is 18.5 Å². The van der Waals surface area contributed by atoms with E-state index in [4.69, 9.17) is 5.73 Å². The number of methoxy groups -OCH3 is 1. The van der Waals surface area contributed by atoms with Crippen LogP contribution in [0.4, 0.5) is 5.69 Å². The monoisotopic (exact) mass is 236 g/mol. The number of nitrogens with zero attached hydrogens (tertiary/aromatic N) is 5. The summed E-state index contributed by atoms with van der Waals surface area (Å²) in [6, 6.07) is 0. The third kappa shape index (κ3) is 1.73. The van der Waals surface area contributed by atoms with Gasteiger partial charge in [0.15, 0.2) is 5.82 Å². The van der Waals surface area contributed by atoms with Crippen LogP contribution >= 0.6 is 0 Å². The first-order valence-electron chi connectivity index (χ1n) is 4.84. The van der Waals surface area contributed by atoms with Crippen molar-refractivity contribution in [3.63, 3.8) is 0 Å². The topological polar surface area (TPSA) is 101 Å². The van der Waals surface area contributed by atoms with Gasteiger partial charge in [0, 0.05) is 7.05 Å². The number of hydrogen-bond donors (Lipinski definition) is 1. The highest BCUT2D eigenvalue weighted by Crippen LogP contribution is 2.18. The maximum atomic E-state index is 11.2. The van der Waals surface area contributed by atoms with E-state index in [0.29, 0.717) is 17.2 Å². The molecule has 0 aliphatic heterocycles. The molecule has 0 aliphatic carbocycles. The summed E-state index contributed by atoms with van der Waals surface area (Å²) < 4.78 is 7.48. The van der Waals surface area contributed by atoms with Gasteiger partial charge in [0.2, 0.25) is 0 Å². The number of aromatic nitrogens is 5. The number of anilines is 1. The fourth-order valence-electron chi connectivity index (χ4n) is 1.48. The zero-order valence-corrected chi connectivity index (χ0v) is 9.71. The summed E-state index contributed by atoms with van der Waals surface area (Å²) in [7, 11) is 3.00. The largest absolute Gasteiger partial charge is 0.463 e. The van der Waals surface area contributed by atoms with Crippen LogP contribution in [0.3, 0.4) is 0 Å². The number of nitrogen functional groups attached to an aromatic ring is 1. The minimum atomic E-state index is -0.596. The van der Waals surface area contributed by atoms with Crippen molar-refractivity contribution in [3.8, 4) is 5.82 Å². The summed E-state index contributed by atoms with van der Waals surface area (Å²) in [5.74, 6) is -0.0582. The number of carbonyl (C=O) groups excluding carboxylic acids is 1. The number of hydrogen-bond acceptors (Lipinski definition) is 6. The van der Waals surface area contributed by atoms with Crippen molar-refractivity contribution in [3.05, 3.63) is 17.8 Å². The molecule has 2 rings (SSSR count). The van der Waals surface area contributed by atoms with Crippen molar-refractivity contribution < 1.29 is 9.53 Å². The molecule has 8 nitrogen and oxygen atoms in total. The SMILES string of the molecule is COC(=O)c1ncn(-c2c(N)c(C)nn2C)n1. The van der Waals surface area contributed by atoms with Crippen LogP contribution < -0.4 is 5.73 Å². The summed E-state index contributed by atoms with van der Waals surface area (Å²) in [5, 5.41) is 8.12. The lowest BCUT2D eigenvalue weighted by Crippen LogP contribution is -2.08. The van der Waals surface area contributed by atoms with Crippen LogP contribution in [0.5, 0.6) is 0 Å². The van der Waals surface area contributed by atoms with Gasteiger partial charge in [-0.15, -0.1) is 5.10 Å². The van der Waals surface area contributed by atoms with E-state index < -0.39 is 5.97 Å². The number of nitrogens with two attached hydrogens (primary N) is 1. The highest BCUT2D eigenvalue weighted by atomic mass is 16.5. The molecule has 0 amide bonds. The molecule has 2 heterocycles. The Balaban J connectivity index is 2.47. The molecular formula is C9H12N6O2. The summed E-state index contributed by atoms with van der Waals surface area (Å²) in [4.78, 5) is 15.1. The first-order chi connectivity index (χ1) is 8.04. The highest BCUT2D eigenvalue weighted by molar-refractivity contribution is 5.84. The van der Waals surface area contributed by atoms with Gasteiger partial charge in [-0.05, 0) is 6.92 Å². The van der Waals surface area contributed by atoms with Crippen LogP contribution in [0.15, 0.2) is 6.33 Å². The number of ether oxygens (including phenoxy) is 1. The molecule has 8 heteroatoms. The van der Waals surface area contributed by atoms with Gasteiger partial charge in [-0.2, -0.15) is 9.78 Å². The Hall–Kier alpha value is -2.38. The Morgan fingerprint density at radius 1 is 1.47 bits per heavy atom. The number of rotatable bonds is 2. The standard InChI is InChI=1S/C9H12N6O2/c1-5-6(10)8(14(2)12-5)15-4-11-7(13-15)9(16)17-3/h4H,10H2,1-3H3. The molecule has 2 N–H and O–H groups in total. The van der Waals surface area contributed by atoms with Crippen molar-refractivity contribution >= 4 is 11.7 Å². The molecule has 2 aromatic heterocycles. The summed E-state index contributed by atoms with van der Waals surface area (Å²) >= 11 is 0. The molecular weight excluding hydrogens is 224 g/mol. The quantitative estimate of drug-likeness (QED) is 0.717. The lowest BCUT2D eigenvalue weighted by molar-refractivity contribution is 0.0587. The average molecular weight is 236 g/mol. The molecule has 0 bridgehead atoms. The van der Waals surface area contributed by atoms with Gasteiger partial charge in [-0.1, -0.05) is 0 Å². The van der Waals surface area contributed by atoms with Crippen molar-refractivity contribution in [2.24, 2.45) is 7.05 Å². The van der Waals surface area contributed by atoms with Crippen LogP contribution in [0.2, 0.25) is 0 Å². The smallest absolute Gasteiger partial charge is 0.377 e. The van der Waals surface area contributed by atoms with Crippen LogP contribution in [0.1, 0.15) is 16.3 Å². The Morgan fingerprint density at radius 2 is 2.18 bits per heavy atom. The third-order valence-corrected chi connectivity index (χ3v) is 2.31. The van der Waals surface area contributed by atoms with Crippen LogP contribution in [0, 0.1) is 6.92 Å². The minimum absolute atomic E-state index is 0.0225. The second-order valence-electron chi connectivity index (χ2n) is 3.45. The molecule has 17 heavy (non-hydrogen) atoms. The Bertz CT molecular complexity index is 570. The molecule has 0 aliphatic rings. The van der Waals surface area contributed by atoms with E-state index in [1.807, 2.05) is 0 Å². The zero-order valence-electron chi connectivity index (χ0n) is 9.71. The third-order valence-electron chi connectivity index (χ3n) is 2.31. The second-order valence-corrected chi connectivity index (χ2v) is 3.45. The predicted molar refractivity (Wildman–Crippen MR) is 58.6 cm³/mol. The maximum absolute atomic E-state index is 11.2. The molecule has 0 aromatic carbocycles. The molecule has 90 valence electrons. The lowest BCUT2D eigenvalue weighted by Gasteiger charge is -2.01. The van der Waals surface area contributed by atoms with E-state index in [0.717, 1.165) is 0 Å². The van der Waals surface area contributed by atoms with E-state index in [1.54, 1.807) is 18.7 Å².